The van der Waals surface area contributed by atoms with E-state index >= 15 is 0 Å². The molecule has 0 bridgehead atoms. The number of carbonyl (C=O) groups is 1. The van der Waals surface area contributed by atoms with E-state index in [9.17, 15) is 4.79 Å². The lowest BCUT2D eigenvalue weighted by molar-refractivity contribution is -0.129. The predicted molar refractivity (Wildman–Crippen MR) is 105 cm³/mol. The molecule has 1 aliphatic heterocycles. The number of nitrogens with zero attached hydrogens (tertiary/aromatic N) is 3. The second-order valence-electron chi connectivity index (χ2n) is 5.88. The summed E-state index contributed by atoms with van der Waals surface area (Å²) < 4.78 is 6.89. The summed E-state index contributed by atoms with van der Waals surface area (Å²) in [6.07, 6.45) is 1.59. The van der Waals surface area contributed by atoms with Gasteiger partial charge in [-0.2, -0.15) is 5.10 Å². The number of cyclic esters (lactones) is 1. The first kappa shape index (κ1) is 17.5. The molecule has 27 heavy (non-hydrogen) atoms. The minimum absolute atomic E-state index is 0.155. The van der Waals surface area contributed by atoms with Crippen LogP contribution in [-0.4, -0.2) is 21.6 Å². The topological polar surface area (TPSA) is 56.5 Å². The van der Waals surface area contributed by atoms with Crippen molar-refractivity contribution in [1.82, 2.24) is 9.78 Å². The Labute approximate surface area is 165 Å². The fourth-order valence-corrected chi connectivity index (χ4v) is 3.22. The van der Waals surface area contributed by atoms with Gasteiger partial charge in [-0.3, -0.25) is 0 Å². The van der Waals surface area contributed by atoms with E-state index in [0.29, 0.717) is 27.0 Å². The molecule has 0 unspecified atom stereocenters. The van der Waals surface area contributed by atoms with E-state index in [1.165, 1.54) is 0 Å². The van der Waals surface area contributed by atoms with Crippen molar-refractivity contribution in [3.63, 3.8) is 0 Å². The van der Waals surface area contributed by atoms with E-state index in [0.717, 1.165) is 5.69 Å². The highest BCUT2D eigenvalue weighted by atomic mass is 35.5. The maximum atomic E-state index is 12.2. The van der Waals surface area contributed by atoms with Crippen molar-refractivity contribution in [3.05, 3.63) is 87.3 Å². The number of carbonyl (C=O) groups excluding carboxylic acids is 1. The molecule has 1 aliphatic rings. The summed E-state index contributed by atoms with van der Waals surface area (Å²) in [4.78, 5) is 16.5. The predicted octanol–water partition coefficient (Wildman–Crippen LogP) is 4.83. The third kappa shape index (κ3) is 3.39. The minimum atomic E-state index is -0.548. The lowest BCUT2D eigenvalue weighted by Gasteiger charge is -2.01. The SMILES string of the molecule is Cc1nn(-c2ccccc2)c(Cl)c1C=C1N=C(c2cccc(Cl)c2)OC1=O. The van der Waals surface area contributed by atoms with Gasteiger partial charge in [-0.05, 0) is 43.3 Å². The molecule has 0 radical (unpaired) electrons. The highest BCUT2D eigenvalue weighted by Crippen LogP contribution is 2.28. The summed E-state index contributed by atoms with van der Waals surface area (Å²) in [6, 6.07) is 16.5. The molecule has 0 spiro atoms. The van der Waals surface area contributed by atoms with Crippen molar-refractivity contribution in [2.24, 2.45) is 4.99 Å². The molecule has 7 heteroatoms. The van der Waals surface area contributed by atoms with Crippen LogP contribution in [0.5, 0.6) is 0 Å². The maximum Gasteiger partial charge on any atom is 0.363 e. The highest BCUT2D eigenvalue weighted by Gasteiger charge is 2.25. The molecule has 2 heterocycles. The molecule has 2 aromatic carbocycles. The number of ether oxygens (including phenoxy) is 1. The second kappa shape index (κ2) is 7.02. The first-order chi connectivity index (χ1) is 13.0. The van der Waals surface area contributed by atoms with Crippen molar-refractivity contribution in [2.75, 3.05) is 0 Å². The Morgan fingerprint density at radius 1 is 1.07 bits per heavy atom. The standard InChI is InChI=1S/C20H13Cl2N3O2/c1-12-16(18(22)25(24-12)15-8-3-2-4-9-15)11-17-20(26)27-19(23-17)13-6-5-7-14(21)10-13/h2-11H,1H3. The monoisotopic (exact) mass is 397 g/mol. The normalized spacial score (nSPS) is 15.1. The lowest BCUT2D eigenvalue weighted by Crippen LogP contribution is -2.05. The molecule has 134 valence electrons. The van der Waals surface area contributed by atoms with Crippen molar-refractivity contribution < 1.29 is 9.53 Å². The van der Waals surface area contributed by atoms with Crippen LogP contribution in [0.3, 0.4) is 0 Å². The summed E-state index contributed by atoms with van der Waals surface area (Å²) in [5, 5.41) is 5.39. The average Bonchev–Trinajstić information content (AvgIpc) is 3.17. The Morgan fingerprint density at radius 2 is 1.85 bits per heavy atom. The molecule has 0 saturated heterocycles. The Kier molecular flexibility index (Phi) is 4.56. The van der Waals surface area contributed by atoms with Crippen molar-refractivity contribution in [3.8, 4) is 5.69 Å². The van der Waals surface area contributed by atoms with Crippen LogP contribution in [0, 0.1) is 6.92 Å². The molecule has 0 atom stereocenters. The fourth-order valence-electron chi connectivity index (χ4n) is 2.71. The quantitative estimate of drug-likeness (QED) is 0.469. The number of aliphatic imine (C=N–C) groups is 1. The van der Waals surface area contributed by atoms with Crippen molar-refractivity contribution >= 4 is 41.1 Å². The van der Waals surface area contributed by atoms with Gasteiger partial charge in [0.1, 0.15) is 5.15 Å². The summed E-state index contributed by atoms with van der Waals surface area (Å²) in [6.45, 7) is 1.82. The largest absolute Gasteiger partial charge is 0.402 e. The average molecular weight is 398 g/mol. The van der Waals surface area contributed by atoms with Gasteiger partial charge in [-0.15, -0.1) is 0 Å². The minimum Gasteiger partial charge on any atom is -0.402 e. The smallest absolute Gasteiger partial charge is 0.363 e. The van der Waals surface area contributed by atoms with Gasteiger partial charge < -0.3 is 4.74 Å². The fraction of sp³-hybridized carbons (Fsp3) is 0.0500. The van der Waals surface area contributed by atoms with Crippen molar-refractivity contribution in [1.29, 1.82) is 0 Å². The van der Waals surface area contributed by atoms with Crippen LogP contribution in [0.25, 0.3) is 11.8 Å². The Morgan fingerprint density at radius 3 is 2.59 bits per heavy atom. The molecule has 1 aromatic heterocycles. The number of benzene rings is 2. The third-order valence-corrected chi connectivity index (χ3v) is 4.62. The van der Waals surface area contributed by atoms with E-state index in [1.54, 1.807) is 35.0 Å². The molecule has 0 amide bonds. The van der Waals surface area contributed by atoms with Gasteiger partial charge in [0.15, 0.2) is 5.70 Å². The first-order valence-corrected chi connectivity index (χ1v) is 8.87. The molecular weight excluding hydrogens is 385 g/mol. The van der Waals surface area contributed by atoms with Gasteiger partial charge >= 0.3 is 5.97 Å². The van der Waals surface area contributed by atoms with Gasteiger partial charge in [0.2, 0.25) is 5.90 Å². The number of rotatable bonds is 3. The van der Waals surface area contributed by atoms with Crippen molar-refractivity contribution in [2.45, 2.75) is 6.92 Å². The zero-order chi connectivity index (χ0) is 19.0. The van der Waals surface area contributed by atoms with Crippen LogP contribution in [0.1, 0.15) is 16.8 Å². The van der Waals surface area contributed by atoms with Crippen LogP contribution in [-0.2, 0) is 9.53 Å². The second-order valence-corrected chi connectivity index (χ2v) is 6.68. The van der Waals surface area contributed by atoms with E-state index in [1.807, 2.05) is 37.3 Å². The van der Waals surface area contributed by atoms with E-state index < -0.39 is 5.97 Å². The van der Waals surface area contributed by atoms with Gasteiger partial charge in [0.05, 0.1) is 11.4 Å². The number of halogens is 2. The van der Waals surface area contributed by atoms with Gasteiger partial charge in [0, 0.05) is 16.1 Å². The number of para-hydroxylation sites is 1. The number of hydrogen-bond acceptors (Lipinski definition) is 4. The van der Waals surface area contributed by atoms with Crippen LogP contribution < -0.4 is 0 Å². The first-order valence-electron chi connectivity index (χ1n) is 8.12. The Hall–Kier alpha value is -2.89. The number of esters is 1. The lowest BCUT2D eigenvalue weighted by atomic mass is 10.2. The molecule has 0 saturated carbocycles. The molecule has 5 nitrogen and oxygen atoms in total. The number of aromatic nitrogens is 2. The molecule has 4 rings (SSSR count). The van der Waals surface area contributed by atoms with Crippen LogP contribution >= 0.6 is 23.2 Å². The Bertz CT molecular complexity index is 1100. The molecule has 3 aromatic rings. The molecule has 0 N–H and O–H groups in total. The Balaban J connectivity index is 1.74. The summed E-state index contributed by atoms with van der Waals surface area (Å²) in [5.41, 5.74) is 2.90. The molecule has 0 fully saturated rings. The van der Waals surface area contributed by atoms with E-state index in [4.69, 9.17) is 27.9 Å². The zero-order valence-electron chi connectivity index (χ0n) is 14.2. The zero-order valence-corrected chi connectivity index (χ0v) is 15.7. The van der Waals surface area contributed by atoms with Crippen LogP contribution in [0.2, 0.25) is 10.2 Å². The van der Waals surface area contributed by atoms with E-state index in [-0.39, 0.29) is 11.6 Å². The highest BCUT2D eigenvalue weighted by molar-refractivity contribution is 6.32. The summed E-state index contributed by atoms with van der Waals surface area (Å²) in [5.74, 6) is -0.342. The molecule has 0 aliphatic carbocycles. The van der Waals surface area contributed by atoms with Crippen LogP contribution in [0.15, 0.2) is 65.3 Å². The summed E-state index contributed by atoms with van der Waals surface area (Å²) >= 11 is 12.5. The van der Waals surface area contributed by atoms with Gasteiger partial charge in [0.25, 0.3) is 0 Å². The maximum absolute atomic E-state index is 12.2. The number of hydrogen-bond donors (Lipinski definition) is 0. The van der Waals surface area contributed by atoms with Gasteiger partial charge in [-0.1, -0.05) is 47.5 Å². The molecular formula is C20H13Cl2N3O2. The third-order valence-electron chi connectivity index (χ3n) is 4.02. The number of aryl methyl sites for hydroxylation is 1. The van der Waals surface area contributed by atoms with Crippen LogP contribution in [0.4, 0.5) is 0 Å². The van der Waals surface area contributed by atoms with Gasteiger partial charge in [-0.25, -0.2) is 14.5 Å². The van der Waals surface area contributed by atoms with E-state index in [2.05, 4.69) is 10.1 Å². The summed E-state index contributed by atoms with van der Waals surface area (Å²) in [7, 11) is 0.